The SMILES string of the molecule is O=C(O)C1CCCCC1C(=O)NCCSc1ccccc1. The van der Waals surface area contributed by atoms with Crippen molar-refractivity contribution >= 4 is 23.6 Å². The first-order valence-electron chi connectivity index (χ1n) is 7.37. The van der Waals surface area contributed by atoms with Crippen LogP contribution >= 0.6 is 11.8 Å². The third-order valence-electron chi connectivity index (χ3n) is 3.83. The Hall–Kier alpha value is -1.49. The average Bonchev–Trinajstić information content (AvgIpc) is 2.52. The lowest BCUT2D eigenvalue weighted by Crippen LogP contribution is -2.40. The second kappa shape index (κ2) is 8.08. The summed E-state index contributed by atoms with van der Waals surface area (Å²) >= 11 is 1.69. The van der Waals surface area contributed by atoms with Crippen LogP contribution < -0.4 is 5.32 Å². The Kier molecular flexibility index (Phi) is 6.11. The van der Waals surface area contributed by atoms with Crippen molar-refractivity contribution in [3.8, 4) is 0 Å². The zero-order valence-corrected chi connectivity index (χ0v) is 12.8. The van der Waals surface area contributed by atoms with Gasteiger partial charge in [-0.05, 0) is 25.0 Å². The van der Waals surface area contributed by atoms with Gasteiger partial charge in [-0.15, -0.1) is 11.8 Å². The maximum Gasteiger partial charge on any atom is 0.307 e. The van der Waals surface area contributed by atoms with Crippen LogP contribution in [0.3, 0.4) is 0 Å². The van der Waals surface area contributed by atoms with Crippen molar-refractivity contribution in [2.75, 3.05) is 12.3 Å². The molecule has 4 nitrogen and oxygen atoms in total. The maximum atomic E-state index is 12.1. The highest BCUT2D eigenvalue weighted by Gasteiger charge is 2.35. The minimum Gasteiger partial charge on any atom is -0.481 e. The smallest absolute Gasteiger partial charge is 0.307 e. The Bertz CT molecular complexity index is 478. The summed E-state index contributed by atoms with van der Waals surface area (Å²) in [5, 5.41) is 12.1. The van der Waals surface area contributed by atoms with E-state index in [1.54, 1.807) is 11.8 Å². The second-order valence-electron chi connectivity index (χ2n) is 5.29. The monoisotopic (exact) mass is 307 g/mol. The molecule has 0 heterocycles. The third-order valence-corrected chi connectivity index (χ3v) is 4.85. The molecule has 2 rings (SSSR count). The van der Waals surface area contributed by atoms with Gasteiger partial charge in [0.1, 0.15) is 0 Å². The van der Waals surface area contributed by atoms with E-state index in [4.69, 9.17) is 0 Å². The summed E-state index contributed by atoms with van der Waals surface area (Å²) in [5.74, 6) is -1.02. The number of carboxylic acids is 1. The molecule has 1 saturated carbocycles. The molecular weight excluding hydrogens is 286 g/mol. The van der Waals surface area contributed by atoms with E-state index in [9.17, 15) is 14.7 Å². The van der Waals surface area contributed by atoms with Crippen LogP contribution in [-0.2, 0) is 9.59 Å². The van der Waals surface area contributed by atoms with Gasteiger partial charge in [0.05, 0.1) is 11.8 Å². The summed E-state index contributed by atoms with van der Waals surface area (Å²) < 4.78 is 0. The van der Waals surface area contributed by atoms with Gasteiger partial charge in [0, 0.05) is 17.2 Å². The van der Waals surface area contributed by atoms with Gasteiger partial charge in [-0.1, -0.05) is 31.0 Å². The Balaban J connectivity index is 1.74. The van der Waals surface area contributed by atoms with Crippen molar-refractivity contribution in [2.45, 2.75) is 30.6 Å². The fourth-order valence-electron chi connectivity index (χ4n) is 2.73. The molecule has 0 radical (unpaired) electrons. The van der Waals surface area contributed by atoms with E-state index >= 15 is 0 Å². The van der Waals surface area contributed by atoms with Gasteiger partial charge in [0.2, 0.25) is 5.91 Å². The summed E-state index contributed by atoms with van der Waals surface area (Å²) in [5.41, 5.74) is 0. The van der Waals surface area contributed by atoms with E-state index in [0.717, 1.165) is 18.6 Å². The molecule has 114 valence electrons. The average molecular weight is 307 g/mol. The van der Waals surface area contributed by atoms with Crippen LogP contribution in [0, 0.1) is 11.8 Å². The molecule has 0 aliphatic heterocycles. The van der Waals surface area contributed by atoms with E-state index in [0.29, 0.717) is 19.4 Å². The summed E-state index contributed by atoms with van der Waals surface area (Å²) in [6.45, 7) is 0.571. The molecule has 2 unspecified atom stereocenters. The van der Waals surface area contributed by atoms with Gasteiger partial charge in [0.25, 0.3) is 0 Å². The molecule has 21 heavy (non-hydrogen) atoms. The van der Waals surface area contributed by atoms with Gasteiger partial charge in [-0.3, -0.25) is 9.59 Å². The lowest BCUT2D eigenvalue weighted by Gasteiger charge is -2.27. The highest BCUT2D eigenvalue weighted by molar-refractivity contribution is 7.99. The molecule has 1 amide bonds. The molecule has 1 aromatic carbocycles. The van der Waals surface area contributed by atoms with Crippen LogP contribution in [0.4, 0.5) is 0 Å². The number of carbonyl (C=O) groups excluding carboxylic acids is 1. The van der Waals surface area contributed by atoms with E-state index in [1.807, 2.05) is 30.3 Å². The topological polar surface area (TPSA) is 66.4 Å². The Morgan fingerprint density at radius 3 is 2.48 bits per heavy atom. The summed E-state index contributed by atoms with van der Waals surface area (Å²) in [7, 11) is 0. The van der Waals surface area contributed by atoms with Crippen molar-refractivity contribution in [3.05, 3.63) is 30.3 Å². The quantitative estimate of drug-likeness (QED) is 0.626. The lowest BCUT2D eigenvalue weighted by molar-refractivity contribution is -0.148. The first-order valence-corrected chi connectivity index (χ1v) is 8.35. The number of hydrogen-bond donors (Lipinski definition) is 2. The van der Waals surface area contributed by atoms with E-state index in [1.165, 1.54) is 4.90 Å². The highest BCUT2D eigenvalue weighted by atomic mass is 32.2. The fraction of sp³-hybridized carbons (Fsp3) is 0.500. The molecule has 0 aromatic heterocycles. The molecule has 0 saturated heterocycles. The normalized spacial score (nSPS) is 21.7. The van der Waals surface area contributed by atoms with E-state index in [2.05, 4.69) is 5.32 Å². The lowest BCUT2D eigenvalue weighted by atomic mass is 9.79. The van der Waals surface area contributed by atoms with Crippen molar-refractivity contribution in [1.82, 2.24) is 5.32 Å². The van der Waals surface area contributed by atoms with Crippen LogP contribution in [0.2, 0.25) is 0 Å². The maximum absolute atomic E-state index is 12.1. The fourth-order valence-corrected chi connectivity index (χ4v) is 3.52. The first kappa shape index (κ1) is 15.9. The van der Waals surface area contributed by atoms with Crippen LogP contribution in [0.1, 0.15) is 25.7 Å². The van der Waals surface area contributed by atoms with Crippen LogP contribution in [0.5, 0.6) is 0 Å². The number of carbonyl (C=O) groups is 2. The summed E-state index contributed by atoms with van der Waals surface area (Å²) in [6.07, 6.45) is 3.16. The Labute approximate surface area is 129 Å². The molecule has 2 N–H and O–H groups in total. The van der Waals surface area contributed by atoms with Crippen molar-refractivity contribution in [1.29, 1.82) is 0 Å². The zero-order valence-electron chi connectivity index (χ0n) is 12.0. The number of rotatable bonds is 6. The number of amides is 1. The molecule has 2 atom stereocenters. The van der Waals surface area contributed by atoms with Gasteiger partial charge < -0.3 is 10.4 Å². The highest BCUT2D eigenvalue weighted by Crippen LogP contribution is 2.30. The third kappa shape index (κ3) is 4.77. The first-order chi connectivity index (χ1) is 10.2. The summed E-state index contributed by atoms with van der Waals surface area (Å²) in [4.78, 5) is 24.5. The Morgan fingerprint density at radius 1 is 1.14 bits per heavy atom. The number of aliphatic carboxylic acids is 1. The van der Waals surface area contributed by atoms with E-state index < -0.39 is 11.9 Å². The molecular formula is C16H21NO3S. The van der Waals surface area contributed by atoms with Gasteiger partial charge in [0.15, 0.2) is 0 Å². The van der Waals surface area contributed by atoms with Gasteiger partial charge in [-0.25, -0.2) is 0 Å². The van der Waals surface area contributed by atoms with Crippen LogP contribution in [0.25, 0.3) is 0 Å². The standard InChI is InChI=1S/C16H21NO3S/c18-15(13-8-4-5-9-14(13)16(19)20)17-10-11-21-12-6-2-1-3-7-12/h1-3,6-7,13-14H,4-5,8-11H2,(H,17,18)(H,19,20). The number of thioether (sulfide) groups is 1. The molecule has 0 bridgehead atoms. The van der Waals surface area contributed by atoms with Gasteiger partial charge >= 0.3 is 5.97 Å². The minimum atomic E-state index is -0.839. The number of nitrogens with one attached hydrogen (secondary N) is 1. The molecule has 5 heteroatoms. The zero-order chi connectivity index (χ0) is 15.1. The van der Waals surface area contributed by atoms with Crippen LogP contribution in [0.15, 0.2) is 35.2 Å². The number of carboxylic acid groups (broad SMARTS) is 1. The number of benzene rings is 1. The van der Waals surface area contributed by atoms with Crippen LogP contribution in [-0.4, -0.2) is 29.3 Å². The molecule has 1 aliphatic rings. The molecule has 1 aliphatic carbocycles. The molecule has 1 fully saturated rings. The number of hydrogen-bond acceptors (Lipinski definition) is 3. The predicted octanol–water partition coefficient (Wildman–Crippen LogP) is 2.79. The predicted molar refractivity (Wildman–Crippen MR) is 83.3 cm³/mol. The van der Waals surface area contributed by atoms with Crippen molar-refractivity contribution in [2.24, 2.45) is 11.8 Å². The van der Waals surface area contributed by atoms with Crippen molar-refractivity contribution < 1.29 is 14.7 Å². The molecule has 1 aromatic rings. The van der Waals surface area contributed by atoms with Crippen molar-refractivity contribution in [3.63, 3.8) is 0 Å². The second-order valence-corrected chi connectivity index (χ2v) is 6.46. The summed E-state index contributed by atoms with van der Waals surface area (Å²) in [6, 6.07) is 10.0. The Morgan fingerprint density at radius 2 is 1.81 bits per heavy atom. The van der Waals surface area contributed by atoms with E-state index in [-0.39, 0.29) is 11.8 Å². The molecule has 0 spiro atoms. The largest absolute Gasteiger partial charge is 0.481 e. The van der Waals surface area contributed by atoms with Gasteiger partial charge in [-0.2, -0.15) is 0 Å². The minimum absolute atomic E-state index is 0.101.